The van der Waals surface area contributed by atoms with Gasteiger partial charge in [-0.15, -0.1) is 0 Å². The summed E-state index contributed by atoms with van der Waals surface area (Å²) in [6.45, 7) is 5.12. The van der Waals surface area contributed by atoms with Crippen molar-refractivity contribution in [3.63, 3.8) is 0 Å². The van der Waals surface area contributed by atoms with Gasteiger partial charge in [-0.3, -0.25) is 4.55 Å². The number of halogens is 1. The zero-order valence-corrected chi connectivity index (χ0v) is 9.70. The molecule has 0 unspecified atom stereocenters. The SMILES string of the molecule is Cc1cc(S(=O)(=O)O)c(C)c(Cl)c1C. The summed E-state index contributed by atoms with van der Waals surface area (Å²) in [6.07, 6.45) is 0. The van der Waals surface area contributed by atoms with Crippen LogP contribution in [0.4, 0.5) is 0 Å². The van der Waals surface area contributed by atoms with Gasteiger partial charge in [-0.1, -0.05) is 11.6 Å². The summed E-state index contributed by atoms with van der Waals surface area (Å²) in [6, 6.07) is 1.42. The van der Waals surface area contributed by atoms with Crippen molar-refractivity contribution in [2.45, 2.75) is 25.7 Å². The van der Waals surface area contributed by atoms with Gasteiger partial charge in [0.1, 0.15) is 0 Å². The molecule has 0 saturated carbocycles. The molecule has 0 spiro atoms. The van der Waals surface area contributed by atoms with Gasteiger partial charge < -0.3 is 0 Å². The molecule has 0 aliphatic heterocycles. The largest absolute Gasteiger partial charge is 0.294 e. The first-order chi connectivity index (χ1) is 6.25. The second-order valence-corrected chi connectivity index (χ2v) is 5.00. The van der Waals surface area contributed by atoms with Crippen LogP contribution >= 0.6 is 11.6 Å². The summed E-state index contributed by atoms with van der Waals surface area (Å²) in [5.74, 6) is 0. The highest BCUT2D eigenvalue weighted by Crippen LogP contribution is 2.28. The normalized spacial score (nSPS) is 11.8. The second-order valence-electron chi connectivity index (χ2n) is 3.23. The molecule has 1 N–H and O–H groups in total. The molecule has 0 aliphatic rings. The topological polar surface area (TPSA) is 54.4 Å². The minimum absolute atomic E-state index is 0.120. The van der Waals surface area contributed by atoms with Crippen LogP contribution in [0.25, 0.3) is 0 Å². The van der Waals surface area contributed by atoms with Gasteiger partial charge in [0, 0.05) is 5.02 Å². The highest BCUT2D eigenvalue weighted by Gasteiger charge is 2.17. The van der Waals surface area contributed by atoms with Crippen LogP contribution in [0.15, 0.2) is 11.0 Å². The first-order valence-corrected chi connectivity index (χ1v) is 5.80. The van der Waals surface area contributed by atoms with Crippen molar-refractivity contribution in [1.82, 2.24) is 0 Å². The van der Waals surface area contributed by atoms with Crippen molar-refractivity contribution < 1.29 is 13.0 Å². The molecule has 0 radical (unpaired) electrons. The van der Waals surface area contributed by atoms with Crippen LogP contribution < -0.4 is 0 Å². The number of aryl methyl sites for hydroxylation is 1. The van der Waals surface area contributed by atoms with E-state index >= 15 is 0 Å². The molecule has 0 saturated heterocycles. The third-order valence-corrected chi connectivity index (χ3v) is 3.79. The lowest BCUT2D eigenvalue weighted by atomic mass is 10.1. The molecule has 78 valence electrons. The molecule has 5 heteroatoms. The number of benzene rings is 1. The molecule has 0 aliphatic carbocycles. The van der Waals surface area contributed by atoms with Gasteiger partial charge in [-0.25, -0.2) is 0 Å². The summed E-state index contributed by atoms with van der Waals surface area (Å²) in [5.41, 5.74) is 1.96. The third kappa shape index (κ3) is 1.92. The molecule has 0 heterocycles. The molecular formula is C9H11ClO3S. The second kappa shape index (κ2) is 3.53. The molecule has 0 fully saturated rings. The van der Waals surface area contributed by atoms with Crippen molar-refractivity contribution >= 4 is 21.7 Å². The lowest BCUT2D eigenvalue weighted by Gasteiger charge is -2.10. The van der Waals surface area contributed by atoms with E-state index in [9.17, 15) is 8.42 Å². The molecule has 1 aromatic rings. The monoisotopic (exact) mass is 234 g/mol. The summed E-state index contributed by atoms with van der Waals surface area (Å²) >= 11 is 5.92. The van der Waals surface area contributed by atoms with E-state index in [2.05, 4.69) is 0 Å². The van der Waals surface area contributed by atoms with Crippen molar-refractivity contribution in [3.05, 3.63) is 27.8 Å². The zero-order valence-electron chi connectivity index (χ0n) is 8.13. The van der Waals surface area contributed by atoms with Gasteiger partial charge in [0.05, 0.1) is 4.90 Å². The maximum absolute atomic E-state index is 11.0. The van der Waals surface area contributed by atoms with E-state index in [1.54, 1.807) is 20.8 Å². The van der Waals surface area contributed by atoms with Gasteiger partial charge in [-0.2, -0.15) is 8.42 Å². The van der Waals surface area contributed by atoms with E-state index in [1.165, 1.54) is 6.07 Å². The van der Waals surface area contributed by atoms with Crippen molar-refractivity contribution in [2.75, 3.05) is 0 Å². The van der Waals surface area contributed by atoms with E-state index in [0.717, 1.165) is 11.1 Å². The third-order valence-electron chi connectivity index (χ3n) is 2.25. The molecule has 0 bridgehead atoms. The van der Waals surface area contributed by atoms with E-state index in [4.69, 9.17) is 16.2 Å². The fraction of sp³-hybridized carbons (Fsp3) is 0.333. The van der Waals surface area contributed by atoms with Crippen LogP contribution in [-0.2, 0) is 10.1 Å². The lowest BCUT2D eigenvalue weighted by Crippen LogP contribution is -2.03. The van der Waals surface area contributed by atoms with Crippen LogP contribution in [0.1, 0.15) is 16.7 Å². The zero-order chi connectivity index (χ0) is 11.1. The number of rotatable bonds is 1. The van der Waals surface area contributed by atoms with Crippen LogP contribution in [-0.4, -0.2) is 13.0 Å². The standard InChI is InChI=1S/C9H11ClO3S/c1-5-4-8(14(11,12)13)7(3)9(10)6(5)2/h4H,1-3H3,(H,11,12,13). The quantitative estimate of drug-likeness (QED) is 0.760. The molecule has 14 heavy (non-hydrogen) atoms. The minimum atomic E-state index is -4.18. The molecular weight excluding hydrogens is 224 g/mol. The van der Waals surface area contributed by atoms with Gasteiger partial charge in [0.15, 0.2) is 0 Å². The van der Waals surface area contributed by atoms with Gasteiger partial charge in [0.2, 0.25) is 0 Å². The number of hydrogen-bond acceptors (Lipinski definition) is 2. The van der Waals surface area contributed by atoms with Crippen molar-refractivity contribution in [2.24, 2.45) is 0 Å². The Labute approximate surface area is 88.5 Å². The fourth-order valence-corrected chi connectivity index (χ4v) is 2.37. The Morgan fingerprint density at radius 2 is 1.71 bits per heavy atom. The van der Waals surface area contributed by atoms with Gasteiger partial charge in [-0.05, 0) is 43.5 Å². The molecule has 3 nitrogen and oxygen atoms in total. The average Bonchev–Trinajstić information content (AvgIpc) is 2.06. The summed E-state index contributed by atoms with van der Waals surface area (Å²) in [5, 5.41) is 0.387. The first-order valence-electron chi connectivity index (χ1n) is 3.99. The van der Waals surface area contributed by atoms with E-state index in [-0.39, 0.29) is 4.90 Å². The Morgan fingerprint density at radius 3 is 2.14 bits per heavy atom. The van der Waals surface area contributed by atoms with Crippen LogP contribution in [0.5, 0.6) is 0 Å². The van der Waals surface area contributed by atoms with Crippen molar-refractivity contribution in [3.8, 4) is 0 Å². The van der Waals surface area contributed by atoms with Gasteiger partial charge in [0.25, 0.3) is 10.1 Å². The Balaban J connectivity index is 3.66. The molecule has 0 amide bonds. The maximum atomic E-state index is 11.0. The predicted molar refractivity (Wildman–Crippen MR) is 55.5 cm³/mol. The van der Waals surface area contributed by atoms with Gasteiger partial charge >= 0.3 is 0 Å². The molecule has 0 atom stereocenters. The average molecular weight is 235 g/mol. The Bertz CT molecular complexity index is 477. The smallest absolute Gasteiger partial charge is 0.282 e. The Hall–Kier alpha value is -0.580. The molecule has 0 aromatic heterocycles. The molecule has 1 aromatic carbocycles. The highest BCUT2D eigenvalue weighted by molar-refractivity contribution is 7.85. The Morgan fingerprint density at radius 1 is 1.21 bits per heavy atom. The summed E-state index contributed by atoms with van der Waals surface area (Å²) in [4.78, 5) is -0.120. The van der Waals surface area contributed by atoms with Crippen LogP contribution in [0, 0.1) is 20.8 Å². The maximum Gasteiger partial charge on any atom is 0.294 e. The van der Waals surface area contributed by atoms with E-state index in [1.807, 2.05) is 0 Å². The Kier molecular flexibility index (Phi) is 2.90. The summed E-state index contributed by atoms with van der Waals surface area (Å²) < 4.78 is 30.9. The van der Waals surface area contributed by atoms with E-state index < -0.39 is 10.1 Å². The fourth-order valence-electron chi connectivity index (χ4n) is 1.24. The highest BCUT2D eigenvalue weighted by atomic mass is 35.5. The van der Waals surface area contributed by atoms with Crippen LogP contribution in [0.2, 0.25) is 5.02 Å². The first kappa shape index (κ1) is 11.5. The summed E-state index contributed by atoms with van der Waals surface area (Å²) in [7, 11) is -4.18. The van der Waals surface area contributed by atoms with Crippen molar-refractivity contribution in [1.29, 1.82) is 0 Å². The number of hydrogen-bond donors (Lipinski definition) is 1. The molecule has 1 rings (SSSR count). The van der Waals surface area contributed by atoms with Crippen LogP contribution in [0.3, 0.4) is 0 Å². The lowest BCUT2D eigenvalue weighted by molar-refractivity contribution is 0.482. The van der Waals surface area contributed by atoms with E-state index in [0.29, 0.717) is 10.6 Å². The predicted octanol–water partition coefficient (Wildman–Crippen LogP) is 2.51. The minimum Gasteiger partial charge on any atom is -0.282 e.